The van der Waals surface area contributed by atoms with Gasteiger partial charge in [0.1, 0.15) is 11.3 Å². The van der Waals surface area contributed by atoms with E-state index < -0.39 is 0 Å². The van der Waals surface area contributed by atoms with Crippen molar-refractivity contribution in [2.24, 2.45) is 0 Å². The fourth-order valence-corrected chi connectivity index (χ4v) is 4.22. The molecule has 0 spiro atoms. The topological polar surface area (TPSA) is 51.2 Å². The standard InChI is InChI=1S/C17H15ClN2O2S2/c1-3-23-13-7-5-4-6-10(13)16(21)20-17-19-14-12(22-2)9-8-11(18)15(14)24-17/h4-9H,3H2,1-2H3,(H,19,20,21). The molecule has 1 aromatic heterocycles. The molecule has 0 aliphatic rings. The van der Waals surface area contributed by atoms with Crippen molar-refractivity contribution in [2.45, 2.75) is 11.8 Å². The molecule has 0 saturated carbocycles. The molecule has 1 N–H and O–H groups in total. The summed E-state index contributed by atoms with van der Waals surface area (Å²) >= 11 is 9.19. The highest BCUT2D eigenvalue weighted by Gasteiger charge is 2.16. The second kappa shape index (κ2) is 7.42. The lowest BCUT2D eigenvalue weighted by Gasteiger charge is -2.07. The minimum Gasteiger partial charge on any atom is -0.494 e. The molecule has 3 rings (SSSR count). The Morgan fingerprint density at radius 2 is 2.12 bits per heavy atom. The van der Waals surface area contributed by atoms with Gasteiger partial charge in [0.15, 0.2) is 5.13 Å². The Bertz CT molecular complexity index is 895. The van der Waals surface area contributed by atoms with Crippen LogP contribution < -0.4 is 10.1 Å². The van der Waals surface area contributed by atoms with Gasteiger partial charge in [0, 0.05) is 4.90 Å². The zero-order valence-electron chi connectivity index (χ0n) is 13.1. The third-order valence-corrected chi connectivity index (χ3v) is 5.72. The number of amides is 1. The normalized spacial score (nSPS) is 10.8. The summed E-state index contributed by atoms with van der Waals surface area (Å²) in [4.78, 5) is 18.0. The van der Waals surface area contributed by atoms with Crippen LogP contribution >= 0.6 is 34.7 Å². The van der Waals surface area contributed by atoms with Crippen LogP contribution in [0.3, 0.4) is 0 Å². The van der Waals surface area contributed by atoms with Crippen molar-refractivity contribution in [3.63, 3.8) is 0 Å². The van der Waals surface area contributed by atoms with Crippen LogP contribution in [0.4, 0.5) is 5.13 Å². The quantitative estimate of drug-likeness (QED) is 0.610. The molecular formula is C17H15ClN2O2S2. The molecule has 0 aliphatic carbocycles. The smallest absolute Gasteiger partial charge is 0.258 e. The second-order valence-electron chi connectivity index (χ2n) is 4.83. The van der Waals surface area contributed by atoms with E-state index in [1.54, 1.807) is 31.0 Å². The first-order valence-corrected chi connectivity index (χ1v) is 9.48. The van der Waals surface area contributed by atoms with Gasteiger partial charge >= 0.3 is 0 Å². The number of anilines is 1. The van der Waals surface area contributed by atoms with E-state index in [0.717, 1.165) is 15.3 Å². The van der Waals surface area contributed by atoms with Crippen LogP contribution in [0.15, 0.2) is 41.3 Å². The molecule has 2 aromatic carbocycles. The average molecular weight is 379 g/mol. The summed E-state index contributed by atoms with van der Waals surface area (Å²) in [5.74, 6) is 1.35. The van der Waals surface area contributed by atoms with Gasteiger partial charge in [-0.15, -0.1) is 11.8 Å². The van der Waals surface area contributed by atoms with Crippen LogP contribution in [0, 0.1) is 0 Å². The third kappa shape index (κ3) is 3.36. The van der Waals surface area contributed by atoms with E-state index in [0.29, 0.717) is 27.0 Å². The molecule has 1 heterocycles. The fraction of sp³-hybridized carbons (Fsp3) is 0.176. The highest BCUT2D eigenvalue weighted by Crippen LogP contribution is 2.37. The van der Waals surface area contributed by atoms with E-state index in [4.69, 9.17) is 16.3 Å². The number of thioether (sulfide) groups is 1. The lowest BCUT2D eigenvalue weighted by Crippen LogP contribution is -2.12. The summed E-state index contributed by atoms with van der Waals surface area (Å²) in [7, 11) is 1.58. The molecular weight excluding hydrogens is 364 g/mol. The predicted molar refractivity (Wildman–Crippen MR) is 102 cm³/mol. The number of hydrogen-bond donors (Lipinski definition) is 1. The molecule has 0 atom stereocenters. The molecule has 0 unspecified atom stereocenters. The number of carbonyl (C=O) groups is 1. The van der Waals surface area contributed by atoms with Crippen molar-refractivity contribution in [2.75, 3.05) is 18.2 Å². The summed E-state index contributed by atoms with van der Waals surface area (Å²) in [5, 5.41) is 3.95. The zero-order valence-corrected chi connectivity index (χ0v) is 15.5. The van der Waals surface area contributed by atoms with Gasteiger partial charge in [-0.1, -0.05) is 42.0 Å². The Hall–Kier alpha value is -1.76. The molecule has 1 amide bonds. The summed E-state index contributed by atoms with van der Waals surface area (Å²) in [5.41, 5.74) is 1.29. The van der Waals surface area contributed by atoms with E-state index in [9.17, 15) is 4.79 Å². The second-order valence-corrected chi connectivity index (χ2v) is 7.54. The van der Waals surface area contributed by atoms with Gasteiger partial charge in [-0.2, -0.15) is 0 Å². The maximum Gasteiger partial charge on any atom is 0.258 e. The minimum atomic E-state index is -0.180. The van der Waals surface area contributed by atoms with Gasteiger partial charge in [-0.3, -0.25) is 10.1 Å². The van der Waals surface area contributed by atoms with E-state index in [-0.39, 0.29) is 5.91 Å². The number of hydrogen-bond acceptors (Lipinski definition) is 5. The first kappa shape index (κ1) is 17.1. The number of ether oxygens (including phenoxy) is 1. The first-order chi connectivity index (χ1) is 11.6. The molecule has 4 nitrogen and oxygen atoms in total. The van der Waals surface area contributed by atoms with Gasteiger partial charge in [-0.05, 0) is 30.0 Å². The number of methoxy groups -OCH3 is 1. The van der Waals surface area contributed by atoms with Crippen molar-refractivity contribution in [1.29, 1.82) is 0 Å². The molecule has 7 heteroatoms. The van der Waals surface area contributed by atoms with E-state index in [1.165, 1.54) is 11.3 Å². The number of nitrogens with zero attached hydrogens (tertiary/aromatic N) is 1. The number of carbonyl (C=O) groups excluding carboxylic acids is 1. The summed E-state index contributed by atoms with van der Waals surface area (Å²) in [6, 6.07) is 11.1. The van der Waals surface area contributed by atoms with Crippen LogP contribution in [-0.2, 0) is 0 Å². The Morgan fingerprint density at radius 1 is 1.33 bits per heavy atom. The molecule has 0 radical (unpaired) electrons. The molecule has 0 saturated heterocycles. The lowest BCUT2D eigenvalue weighted by molar-refractivity contribution is 0.102. The fourth-order valence-electron chi connectivity index (χ4n) is 2.27. The van der Waals surface area contributed by atoms with Crippen molar-refractivity contribution < 1.29 is 9.53 Å². The van der Waals surface area contributed by atoms with Crippen LogP contribution in [0.5, 0.6) is 5.75 Å². The van der Waals surface area contributed by atoms with Gasteiger partial charge in [0.05, 0.1) is 22.4 Å². The van der Waals surface area contributed by atoms with Gasteiger partial charge in [-0.25, -0.2) is 4.98 Å². The highest BCUT2D eigenvalue weighted by atomic mass is 35.5. The van der Waals surface area contributed by atoms with Gasteiger partial charge < -0.3 is 4.74 Å². The van der Waals surface area contributed by atoms with Crippen molar-refractivity contribution in [3.8, 4) is 5.75 Å². The molecule has 0 aliphatic heterocycles. The molecule has 0 bridgehead atoms. The largest absolute Gasteiger partial charge is 0.494 e. The molecule has 24 heavy (non-hydrogen) atoms. The van der Waals surface area contributed by atoms with E-state index in [2.05, 4.69) is 17.2 Å². The molecule has 3 aromatic rings. The predicted octanol–water partition coefficient (Wildman–Crippen LogP) is 5.32. The monoisotopic (exact) mass is 378 g/mol. The Labute approximate surface area is 153 Å². The van der Waals surface area contributed by atoms with Crippen molar-refractivity contribution in [3.05, 3.63) is 47.0 Å². The van der Waals surface area contributed by atoms with Gasteiger partial charge in [0.2, 0.25) is 0 Å². The van der Waals surface area contributed by atoms with Crippen molar-refractivity contribution >= 4 is 56.0 Å². The Morgan fingerprint density at radius 3 is 2.88 bits per heavy atom. The molecule has 124 valence electrons. The number of halogens is 1. The highest BCUT2D eigenvalue weighted by molar-refractivity contribution is 7.99. The Kier molecular flexibility index (Phi) is 5.28. The summed E-state index contributed by atoms with van der Waals surface area (Å²) in [6.45, 7) is 2.06. The Balaban J connectivity index is 1.93. The average Bonchev–Trinajstić information content (AvgIpc) is 3.00. The van der Waals surface area contributed by atoms with E-state index in [1.807, 2.05) is 24.3 Å². The number of rotatable bonds is 5. The lowest BCUT2D eigenvalue weighted by atomic mass is 10.2. The van der Waals surface area contributed by atoms with Crippen LogP contribution in [0.1, 0.15) is 17.3 Å². The first-order valence-electron chi connectivity index (χ1n) is 7.30. The number of aromatic nitrogens is 1. The third-order valence-electron chi connectivity index (χ3n) is 3.33. The minimum absolute atomic E-state index is 0.180. The SMILES string of the molecule is CCSc1ccccc1C(=O)Nc1nc2c(OC)ccc(Cl)c2s1. The summed E-state index contributed by atoms with van der Waals surface area (Å²) in [6.07, 6.45) is 0. The maximum atomic E-state index is 12.6. The van der Waals surface area contributed by atoms with E-state index >= 15 is 0 Å². The summed E-state index contributed by atoms with van der Waals surface area (Å²) < 4.78 is 6.10. The number of benzene rings is 2. The van der Waals surface area contributed by atoms with Gasteiger partial charge in [0.25, 0.3) is 5.91 Å². The zero-order chi connectivity index (χ0) is 17.1. The number of nitrogens with one attached hydrogen (secondary N) is 1. The van der Waals surface area contributed by atoms with Crippen LogP contribution in [0.25, 0.3) is 10.2 Å². The number of thiazole rings is 1. The molecule has 0 fully saturated rings. The number of fused-ring (bicyclic) bond motifs is 1. The van der Waals surface area contributed by atoms with Crippen LogP contribution in [-0.4, -0.2) is 23.8 Å². The maximum absolute atomic E-state index is 12.6. The van der Waals surface area contributed by atoms with Crippen molar-refractivity contribution in [1.82, 2.24) is 4.98 Å². The van der Waals surface area contributed by atoms with Crippen LogP contribution in [0.2, 0.25) is 5.02 Å².